The van der Waals surface area contributed by atoms with Crippen molar-refractivity contribution in [3.63, 3.8) is 0 Å². The predicted octanol–water partition coefficient (Wildman–Crippen LogP) is 5.73. The zero-order chi connectivity index (χ0) is 22.5. The third-order valence-electron chi connectivity index (χ3n) is 6.87. The molecule has 5 rings (SSSR count). The van der Waals surface area contributed by atoms with E-state index in [1.54, 1.807) is 0 Å². The number of nitrogens with zero attached hydrogens (tertiary/aromatic N) is 3. The Bertz CT molecular complexity index is 1030. The van der Waals surface area contributed by atoms with Crippen LogP contribution in [-0.4, -0.2) is 41.2 Å². The van der Waals surface area contributed by atoms with Gasteiger partial charge in [-0.2, -0.15) is 0 Å². The zero-order valence-electron chi connectivity index (χ0n) is 19.0. The lowest BCUT2D eigenvalue weighted by Crippen LogP contribution is -2.55. The average Bonchev–Trinajstić information content (AvgIpc) is 2.87. The van der Waals surface area contributed by atoms with Gasteiger partial charge < -0.3 is 15.5 Å². The summed E-state index contributed by atoms with van der Waals surface area (Å²) in [6.07, 6.45) is 9.24. The van der Waals surface area contributed by atoms with E-state index in [1.165, 1.54) is 41.4 Å². The van der Waals surface area contributed by atoms with Crippen molar-refractivity contribution in [2.75, 3.05) is 23.3 Å². The van der Waals surface area contributed by atoms with E-state index in [0.717, 1.165) is 36.7 Å². The van der Waals surface area contributed by atoms with E-state index in [1.807, 2.05) is 18.3 Å². The van der Waals surface area contributed by atoms with Gasteiger partial charge in [-0.25, -0.2) is 9.97 Å². The summed E-state index contributed by atoms with van der Waals surface area (Å²) in [5.41, 5.74) is 3.43. The van der Waals surface area contributed by atoms with Gasteiger partial charge in [-0.05, 0) is 78.6 Å². The molecule has 3 atom stereocenters. The van der Waals surface area contributed by atoms with Crippen molar-refractivity contribution < 1.29 is 0 Å². The quantitative estimate of drug-likeness (QED) is 0.382. The van der Waals surface area contributed by atoms with E-state index in [-0.39, 0.29) is 0 Å². The van der Waals surface area contributed by atoms with E-state index in [2.05, 4.69) is 91.6 Å². The molecule has 0 unspecified atom stereocenters. The Labute approximate surface area is 210 Å². The zero-order valence-corrected chi connectivity index (χ0v) is 21.1. The second kappa shape index (κ2) is 10.8. The molecule has 2 aliphatic rings. The lowest BCUT2D eigenvalue weighted by molar-refractivity contribution is 0.293. The van der Waals surface area contributed by atoms with E-state index in [0.29, 0.717) is 18.1 Å². The van der Waals surface area contributed by atoms with Crippen LogP contribution in [0.15, 0.2) is 66.9 Å². The number of hydrogen-bond donors (Lipinski definition) is 2. The number of benzene rings is 2. The molecule has 0 amide bonds. The van der Waals surface area contributed by atoms with Crippen LogP contribution in [-0.2, 0) is 0 Å². The Balaban J connectivity index is 1.24. The number of piperidine rings is 1. The maximum Gasteiger partial charge on any atom is 0.223 e. The van der Waals surface area contributed by atoms with Crippen LogP contribution in [0.5, 0.6) is 0 Å². The molecule has 0 bridgehead atoms. The third-order valence-corrected chi connectivity index (χ3v) is 7.59. The van der Waals surface area contributed by atoms with Crippen LogP contribution >= 0.6 is 22.6 Å². The monoisotopic (exact) mass is 553 g/mol. The summed E-state index contributed by atoms with van der Waals surface area (Å²) in [7, 11) is 0. The van der Waals surface area contributed by atoms with E-state index in [4.69, 9.17) is 4.98 Å². The largest absolute Gasteiger partial charge is 0.370 e. The second-order valence-electron chi connectivity index (χ2n) is 9.20. The first kappa shape index (κ1) is 22.6. The van der Waals surface area contributed by atoms with Gasteiger partial charge >= 0.3 is 0 Å². The highest BCUT2D eigenvalue weighted by Gasteiger charge is 2.29. The lowest BCUT2D eigenvalue weighted by atomic mass is 9.89. The van der Waals surface area contributed by atoms with Crippen LogP contribution in [0, 0.1) is 3.57 Å². The van der Waals surface area contributed by atoms with Gasteiger partial charge in [0.15, 0.2) is 0 Å². The van der Waals surface area contributed by atoms with Gasteiger partial charge in [0, 0.05) is 52.2 Å². The molecule has 2 aromatic carbocycles. The van der Waals surface area contributed by atoms with Gasteiger partial charge in [0.25, 0.3) is 0 Å². The minimum absolute atomic E-state index is 0.360. The van der Waals surface area contributed by atoms with Crippen molar-refractivity contribution in [2.24, 2.45) is 0 Å². The summed E-state index contributed by atoms with van der Waals surface area (Å²) < 4.78 is 1.29. The number of nitrogens with one attached hydrogen (secondary N) is 2. The van der Waals surface area contributed by atoms with Gasteiger partial charge in [-0.15, -0.1) is 0 Å². The summed E-state index contributed by atoms with van der Waals surface area (Å²) in [5, 5.41) is 7.71. The fourth-order valence-corrected chi connectivity index (χ4v) is 5.53. The molecule has 2 N–H and O–H groups in total. The molecule has 2 heterocycles. The molecule has 172 valence electrons. The first-order chi connectivity index (χ1) is 16.2. The fourth-order valence-electron chi connectivity index (χ4n) is 5.17. The second-order valence-corrected chi connectivity index (χ2v) is 10.4. The van der Waals surface area contributed by atoms with E-state index in [9.17, 15) is 0 Å². The summed E-state index contributed by atoms with van der Waals surface area (Å²) >= 11 is 2.38. The minimum Gasteiger partial charge on any atom is -0.370 e. The highest BCUT2D eigenvalue weighted by molar-refractivity contribution is 14.1. The SMILES string of the molecule is Ic1ccc(N2CCC[C@H](N[C@@H]3CCCC[C@H]3Nc3nccc(-c4ccccc4)n3)C2)cc1. The number of aromatic nitrogens is 2. The van der Waals surface area contributed by atoms with Crippen LogP contribution in [0.2, 0.25) is 0 Å². The van der Waals surface area contributed by atoms with Crippen LogP contribution in [0.1, 0.15) is 38.5 Å². The molecule has 1 aromatic heterocycles. The molecule has 1 aliphatic carbocycles. The highest BCUT2D eigenvalue weighted by atomic mass is 127. The molecule has 33 heavy (non-hydrogen) atoms. The third kappa shape index (κ3) is 5.84. The molecule has 1 saturated heterocycles. The van der Waals surface area contributed by atoms with Crippen molar-refractivity contribution in [1.29, 1.82) is 0 Å². The predicted molar refractivity (Wildman–Crippen MR) is 145 cm³/mol. The highest BCUT2D eigenvalue weighted by Crippen LogP contribution is 2.26. The Morgan fingerprint density at radius 1 is 0.848 bits per heavy atom. The standard InChI is InChI=1S/C27H32IN5/c28-21-12-14-23(15-13-21)33-18-6-9-22(19-33)30-25-10-4-5-11-26(25)32-27-29-17-16-24(31-27)20-7-2-1-3-8-20/h1-3,7-8,12-17,22,25-26,30H,4-6,9-11,18-19H2,(H,29,31,32)/t22-,25+,26+/m0/s1. The minimum atomic E-state index is 0.360. The first-order valence-electron chi connectivity index (χ1n) is 12.2. The lowest BCUT2D eigenvalue weighted by Gasteiger charge is -2.40. The maximum absolute atomic E-state index is 4.82. The Hall–Kier alpha value is -2.19. The first-order valence-corrected chi connectivity index (χ1v) is 13.2. The van der Waals surface area contributed by atoms with Crippen molar-refractivity contribution >= 4 is 34.2 Å². The van der Waals surface area contributed by atoms with Crippen LogP contribution < -0.4 is 15.5 Å². The molecule has 1 saturated carbocycles. The molecule has 2 fully saturated rings. The van der Waals surface area contributed by atoms with Crippen molar-refractivity contribution in [1.82, 2.24) is 15.3 Å². The van der Waals surface area contributed by atoms with E-state index < -0.39 is 0 Å². The summed E-state index contributed by atoms with van der Waals surface area (Å²) in [5.74, 6) is 0.735. The van der Waals surface area contributed by atoms with Gasteiger partial charge in [0.2, 0.25) is 5.95 Å². The van der Waals surface area contributed by atoms with Crippen LogP contribution in [0.4, 0.5) is 11.6 Å². The number of rotatable bonds is 6. The molecule has 0 spiro atoms. The van der Waals surface area contributed by atoms with Crippen LogP contribution in [0.25, 0.3) is 11.3 Å². The molecule has 5 nitrogen and oxygen atoms in total. The Kier molecular flexibility index (Phi) is 7.41. The Morgan fingerprint density at radius 3 is 2.45 bits per heavy atom. The molecule has 1 aliphatic heterocycles. The summed E-state index contributed by atoms with van der Waals surface area (Å²) in [4.78, 5) is 11.9. The van der Waals surface area contributed by atoms with Crippen LogP contribution in [0.3, 0.4) is 0 Å². The number of halogens is 1. The normalized spacial score (nSPS) is 23.3. The van der Waals surface area contributed by atoms with Crippen molar-refractivity contribution in [3.05, 3.63) is 70.4 Å². The number of anilines is 2. The topological polar surface area (TPSA) is 53.1 Å². The molecule has 3 aromatic rings. The summed E-state index contributed by atoms with van der Waals surface area (Å²) in [6, 6.07) is 22.6. The molecular weight excluding hydrogens is 521 g/mol. The van der Waals surface area contributed by atoms with Gasteiger partial charge in [0.05, 0.1) is 5.69 Å². The number of hydrogen-bond acceptors (Lipinski definition) is 5. The van der Waals surface area contributed by atoms with Crippen molar-refractivity contribution in [3.8, 4) is 11.3 Å². The fraction of sp³-hybridized carbons (Fsp3) is 0.407. The molecular formula is C27H32IN5. The van der Waals surface area contributed by atoms with Gasteiger partial charge in [0.1, 0.15) is 0 Å². The average molecular weight is 553 g/mol. The summed E-state index contributed by atoms with van der Waals surface area (Å²) in [6.45, 7) is 2.22. The van der Waals surface area contributed by atoms with Gasteiger partial charge in [-0.1, -0.05) is 43.2 Å². The van der Waals surface area contributed by atoms with Gasteiger partial charge in [-0.3, -0.25) is 0 Å². The van der Waals surface area contributed by atoms with Crippen molar-refractivity contribution in [2.45, 2.75) is 56.7 Å². The van der Waals surface area contributed by atoms with E-state index >= 15 is 0 Å². The molecule has 6 heteroatoms. The molecule has 0 radical (unpaired) electrons. The maximum atomic E-state index is 4.82. The smallest absolute Gasteiger partial charge is 0.223 e. The Morgan fingerprint density at radius 2 is 1.64 bits per heavy atom.